The summed E-state index contributed by atoms with van der Waals surface area (Å²) in [5.41, 5.74) is 3.02. The number of amides is 1. The Balaban J connectivity index is 1.35. The van der Waals surface area contributed by atoms with Crippen molar-refractivity contribution in [2.45, 2.75) is 37.6 Å². The molecule has 0 bridgehead atoms. The lowest BCUT2D eigenvalue weighted by molar-refractivity contribution is -0.0467. The number of thiazole rings is 1. The molecule has 6 nitrogen and oxygen atoms in total. The lowest BCUT2D eigenvalue weighted by Crippen LogP contribution is -2.50. The number of hydrogen-bond donors (Lipinski definition) is 0. The molecule has 132 valence electrons. The van der Waals surface area contributed by atoms with Crippen molar-refractivity contribution in [1.82, 2.24) is 14.9 Å². The van der Waals surface area contributed by atoms with Crippen molar-refractivity contribution >= 4 is 17.2 Å². The van der Waals surface area contributed by atoms with Gasteiger partial charge in [-0.05, 0) is 24.5 Å². The Morgan fingerprint density at radius 1 is 1.52 bits per heavy atom. The van der Waals surface area contributed by atoms with Gasteiger partial charge in [-0.3, -0.25) is 9.78 Å². The van der Waals surface area contributed by atoms with Crippen molar-refractivity contribution in [1.29, 1.82) is 0 Å². The van der Waals surface area contributed by atoms with Crippen molar-refractivity contribution < 1.29 is 14.3 Å². The number of ether oxygens (including phenoxy) is 2. The molecule has 0 unspecified atom stereocenters. The van der Waals surface area contributed by atoms with Crippen molar-refractivity contribution in [2.24, 2.45) is 0 Å². The van der Waals surface area contributed by atoms with Gasteiger partial charge in [0.1, 0.15) is 5.69 Å². The van der Waals surface area contributed by atoms with Gasteiger partial charge in [0.2, 0.25) is 0 Å². The minimum Gasteiger partial charge on any atom is -0.371 e. The number of carbonyl (C=O) groups is 1. The van der Waals surface area contributed by atoms with E-state index in [0.717, 1.165) is 31.4 Å². The summed E-state index contributed by atoms with van der Waals surface area (Å²) in [6, 6.07) is 3.92. The molecular formula is C18H21N3O3S. The first kappa shape index (κ1) is 16.6. The van der Waals surface area contributed by atoms with Gasteiger partial charge in [0.15, 0.2) is 0 Å². The van der Waals surface area contributed by atoms with Crippen LogP contribution in [-0.2, 0) is 16.1 Å². The Kier molecular flexibility index (Phi) is 4.78. The SMILES string of the molecule is O=C(c1cscn1)N1CCC[C@]2(C[C@H](OCc3cccnc3)CO2)C1. The maximum absolute atomic E-state index is 12.6. The third kappa shape index (κ3) is 3.73. The fourth-order valence-electron chi connectivity index (χ4n) is 3.64. The molecule has 1 spiro atoms. The predicted octanol–water partition coefficient (Wildman–Crippen LogP) is 2.52. The Morgan fingerprint density at radius 3 is 3.28 bits per heavy atom. The van der Waals surface area contributed by atoms with Crippen LogP contribution in [0.4, 0.5) is 0 Å². The van der Waals surface area contributed by atoms with Crippen LogP contribution in [0.2, 0.25) is 0 Å². The van der Waals surface area contributed by atoms with Crippen molar-refractivity contribution in [3.05, 3.63) is 46.7 Å². The first-order valence-electron chi connectivity index (χ1n) is 8.56. The van der Waals surface area contributed by atoms with Crippen LogP contribution in [0.1, 0.15) is 35.3 Å². The number of carbonyl (C=O) groups excluding carboxylic acids is 1. The van der Waals surface area contributed by atoms with Crippen molar-refractivity contribution in [2.75, 3.05) is 19.7 Å². The van der Waals surface area contributed by atoms with Crippen LogP contribution < -0.4 is 0 Å². The molecule has 2 fully saturated rings. The molecule has 4 heterocycles. The van der Waals surface area contributed by atoms with Crippen LogP contribution in [0.3, 0.4) is 0 Å². The molecule has 2 saturated heterocycles. The largest absolute Gasteiger partial charge is 0.371 e. The zero-order valence-electron chi connectivity index (χ0n) is 14.0. The number of aromatic nitrogens is 2. The molecule has 0 aromatic carbocycles. The van der Waals surface area contributed by atoms with E-state index < -0.39 is 0 Å². The number of likely N-dealkylation sites (tertiary alicyclic amines) is 1. The summed E-state index contributed by atoms with van der Waals surface area (Å²) in [5.74, 6) is 0.00338. The Hall–Kier alpha value is -1.83. The summed E-state index contributed by atoms with van der Waals surface area (Å²) in [6.07, 6.45) is 6.39. The molecule has 2 aliphatic heterocycles. The highest BCUT2D eigenvalue weighted by molar-refractivity contribution is 7.07. The molecule has 2 atom stereocenters. The van der Waals surface area contributed by atoms with Crippen molar-refractivity contribution in [3.63, 3.8) is 0 Å². The average molecular weight is 359 g/mol. The van der Waals surface area contributed by atoms with Crippen LogP contribution in [0.5, 0.6) is 0 Å². The summed E-state index contributed by atoms with van der Waals surface area (Å²) in [5, 5.41) is 1.80. The Labute approximate surface area is 150 Å². The van der Waals surface area contributed by atoms with E-state index in [9.17, 15) is 4.79 Å². The van der Waals surface area contributed by atoms with Crippen LogP contribution in [0, 0.1) is 0 Å². The number of rotatable bonds is 4. The van der Waals surface area contributed by atoms with Gasteiger partial charge in [0, 0.05) is 30.7 Å². The third-order valence-electron chi connectivity index (χ3n) is 4.86. The third-order valence-corrected chi connectivity index (χ3v) is 5.45. The van der Waals surface area contributed by atoms with E-state index in [1.807, 2.05) is 23.2 Å². The van der Waals surface area contributed by atoms with Gasteiger partial charge in [-0.25, -0.2) is 4.98 Å². The van der Waals surface area contributed by atoms with E-state index in [-0.39, 0.29) is 17.6 Å². The monoisotopic (exact) mass is 359 g/mol. The van der Waals surface area contributed by atoms with Gasteiger partial charge in [0.05, 0.1) is 37.0 Å². The van der Waals surface area contributed by atoms with Crippen LogP contribution >= 0.6 is 11.3 Å². The molecule has 2 aromatic heterocycles. The second-order valence-corrected chi connectivity index (χ2v) is 7.42. The lowest BCUT2D eigenvalue weighted by atomic mass is 9.89. The van der Waals surface area contributed by atoms with E-state index in [1.165, 1.54) is 11.3 Å². The van der Waals surface area contributed by atoms with Gasteiger partial charge < -0.3 is 14.4 Å². The second kappa shape index (κ2) is 7.19. The number of piperidine rings is 1. The molecule has 0 radical (unpaired) electrons. The summed E-state index contributed by atoms with van der Waals surface area (Å²) < 4.78 is 12.1. The molecule has 2 aromatic rings. The summed E-state index contributed by atoms with van der Waals surface area (Å²) in [7, 11) is 0. The quantitative estimate of drug-likeness (QED) is 0.839. The lowest BCUT2D eigenvalue weighted by Gasteiger charge is -2.39. The van der Waals surface area contributed by atoms with E-state index in [2.05, 4.69) is 9.97 Å². The summed E-state index contributed by atoms with van der Waals surface area (Å²) >= 11 is 1.45. The van der Waals surface area contributed by atoms with Gasteiger partial charge in [-0.2, -0.15) is 0 Å². The fourth-order valence-corrected chi connectivity index (χ4v) is 4.17. The number of hydrogen-bond acceptors (Lipinski definition) is 6. The van der Waals surface area contributed by atoms with Gasteiger partial charge >= 0.3 is 0 Å². The van der Waals surface area contributed by atoms with Crippen molar-refractivity contribution in [3.8, 4) is 0 Å². The summed E-state index contributed by atoms with van der Waals surface area (Å²) in [6.45, 7) is 2.51. The minimum atomic E-state index is -0.274. The van der Waals surface area contributed by atoms with Crippen LogP contribution in [0.25, 0.3) is 0 Å². The standard InChI is InChI=1S/C18H21N3O3S/c22-17(16-11-25-13-20-16)21-6-2-4-18(12-21)7-15(10-24-18)23-9-14-3-1-5-19-8-14/h1,3,5,8,11,13,15H,2,4,6-7,9-10,12H2/t15-,18-/m0/s1. The normalized spacial score (nSPS) is 26.2. The molecular weight excluding hydrogens is 338 g/mol. The molecule has 0 aliphatic carbocycles. The van der Waals surface area contributed by atoms with Gasteiger partial charge in [-0.1, -0.05) is 6.07 Å². The van der Waals surface area contributed by atoms with E-state index >= 15 is 0 Å². The average Bonchev–Trinajstić information content (AvgIpc) is 3.31. The summed E-state index contributed by atoms with van der Waals surface area (Å²) in [4.78, 5) is 22.7. The maximum Gasteiger partial charge on any atom is 0.273 e. The Morgan fingerprint density at radius 2 is 2.48 bits per heavy atom. The number of pyridine rings is 1. The molecule has 7 heteroatoms. The van der Waals surface area contributed by atoms with Gasteiger partial charge in [0.25, 0.3) is 5.91 Å². The molecule has 1 amide bonds. The van der Waals surface area contributed by atoms with Gasteiger partial charge in [-0.15, -0.1) is 11.3 Å². The first-order chi connectivity index (χ1) is 12.2. The van der Waals surface area contributed by atoms with Crippen LogP contribution in [0.15, 0.2) is 35.4 Å². The second-order valence-electron chi connectivity index (χ2n) is 6.70. The molecule has 4 rings (SSSR count). The Bertz CT molecular complexity index is 710. The zero-order chi connectivity index (χ0) is 17.1. The van der Waals surface area contributed by atoms with E-state index in [4.69, 9.17) is 9.47 Å². The maximum atomic E-state index is 12.6. The molecule has 2 aliphatic rings. The topological polar surface area (TPSA) is 64.6 Å². The zero-order valence-corrected chi connectivity index (χ0v) is 14.8. The molecule has 0 saturated carbocycles. The van der Waals surface area contributed by atoms with Crippen LogP contribution in [-0.4, -0.2) is 52.2 Å². The van der Waals surface area contributed by atoms with E-state index in [0.29, 0.717) is 25.5 Å². The van der Waals surface area contributed by atoms with E-state index in [1.54, 1.807) is 17.1 Å². The smallest absolute Gasteiger partial charge is 0.273 e. The first-order valence-corrected chi connectivity index (χ1v) is 9.50. The number of nitrogens with zero attached hydrogens (tertiary/aromatic N) is 3. The molecule has 25 heavy (non-hydrogen) atoms. The fraction of sp³-hybridized carbons (Fsp3) is 0.500. The highest BCUT2D eigenvalue weighted by Crippen LogP contribution is 2.36. The highest BCUT2D eigenvalue weighted by atomic mass is 32.1. The minimum absolute atomic E-state index is 0.00338. The predicted molar refractivity (Wildman–Crippen MR) is 93.4 cm³/mol. The highest BCUT2D eigenvalue weighted by Gasteiger charge is 2.45. The molecule has 0 N–H and O–H groups in total.